The molecule has 4 aliphatic rings. The van der Waals surface area contributed by atoms with Gasteiger partial charge in [0.05, 0.1) is 0 Å². The number of carbonyl (C=O) groups excluding carboxylic acids is 4. The van der Waals surface area contributed by atoms with E-state index in [0.717, 1.165) is 32.1 Å². The highest BCUT2D eigenvalue weighted by atomic mass is 16.7. The molecule has 0 aromatic carbocycles. The van der Waals surface area contributed by atoms with Crippen molar-refractivity contribution in [2.75, 3.05) is 20.2 Å². The number of rotatable bonds is 7. The van der Waals surface area contributed by atoms with Crippen molar-refractivity contribution in [2.24, 2.45) is 34.5 Å². The molecule has 0 spiro atoms. The number of esters is 1. The second kappa shape index (κ2) is 8.82. The molecular formula is C25H34O7. The quantitative estimate of drug-likeness (QED) is 0.336. The second-order valence-electron chi connectivity index (χ2n) is 10.5. The fourth-order valence-corrected chi connectivity index (χ4v) is 7.37. The van der Waals surface area contributed by atoms with Gasteiger partial charge in [0.2, 0.25) is 0 Å². The Labute approximate surface area is 189 Å². The molecule has 0 aromatic heterocycles. The summed E-state index contributed by atoms with van der Waals surface area (Å²) in [6.07, 6.45) is 7.06. The van der Waals surface area contributed by atoms with Gasteiger partial charge in [0.1, 0.15) is 12.4 Å². The molecule has 0 aromatic rings. The molecule has 0 aliphatic heterocycles. The van der Waals surface area contributed by atoms with Gasteiger partial charge in [0.25, 0.3) is 0 Å². The molecular weight excluding hydrogens is 412 g/mol. The third-order valence-electron chi connectivity index (χ3n) is 8.79. The van der Waals surface area contributed by atoms with Gasteiger partial charge in [-0.2, -0.15) is 0 Å². The van der Waals surface area contributed by atoms with Gasteiger partial charge in [-0.25, -0.2) is 0 Å². The molecule has 0 N–H and O–H groups in total. The smallest absolute Gasteiger partial charge is 0.304 e. The molecule has 0 unspecified atom stereocenters. The highest BCUT2D eigenvalue weighted by Crippen LogP contribution is 2.65. The predicted molar refractivity (Wildman–Crippen MR) is 114 cm³/mol. The van der Waals surface area contributed by atoms with Crippen LogP contribution in [0, 0.1) is 34.5 Å². The molecule has 32 heavy (non-hydrogen) atoms. The minimum Gasteiger partial charge on any atom is -0.439 e. The van der Waals surface area contributed by atoms with Gasteiger partial charge >= 0.3 is 5.97 Å². The first kappa shape index (κ1) is 23.3. The molecule has 4 rings (SSSR count). The van der Waals surface area contributed by atoms with Gasteiger partial charge in [0.15, 0.2) is 25.2 Å². The van der Waals surface area contributed by atoms with Gasteiger partial charge in [0, 0.05) is 31.6 Å². The van der Waals surface area contributed by atoms with Gasteiger partial charge in [-0.3, -0.25) is 19.2 Å². The summed E-state index contributed by atoms with van der Waals surface area (Å²) in [7, 11) is 0. The van der Waals surface area contributed by atoms with E-state index in [1.165, 1.54) is 12.5 Å². The Morgan fingerprint density at radius 1 is 1.06 bits per heavy atom. The molecule has 3 fully saturated rings. The van der Waals surface area contributed by atoms with Crippen LogP contribution in [0.1, 0.15) is 65.7 Å². The number of ether oxygens (including phenoxy) is 3. The molecule has 4 aliphatic carbocycles. The van der Waals surface area contributed by atoms with E-state index in [1.54, 1.807) is 0 Å². The maximum Gasteiger partial charge on any atom is 0.304 e. The summed E-state index contributed by atoms with van der Waals surface area (Å²) in [4.78, 5) is 49.3. The SMILES string of the molecule is CC(=O)OCOCOCC(=O)[C@H]1CC[C@H]2[C@@H]3CCC4=CC(=O)CC[C@]4(C)[C@H]3C(=O)C[C@]12C. The summed E-state index contributed by atoms with van der Waals surface area (Å²) in [5.74, 6) is 0.428. The fourth-order valence-electron chi connectivity index (χ4n) is 7.37. The zero-order valence-electron chi connectivity index (χ0n) is 19.3. The normalized spacial score (nSPS) is 38.4. The molecule has 0 heterocycles. The third kappa shape index (κ3) is 3.98. The topological polar surface area (TPSA) is 96.0 Å². The van der Waals surface area contributed by atoms with Crippen molar-refractivity contribution >= 4 is 23.3 Å². The van der Waals surface area contributed by atoms with Crippen LogP contribution in [-0.2, 0) is 33.4 Å². The van der Waals surface area contributed by atoms with Gasteiger partial charge < -0.3 is 14.2 Å². The lowest BCUT2D eigenvalue weighted by atomic mass is 9.46. The van der Waals surface area contributed by atoms with Crippen LogP contribution in [0.4, 0.5) is 0 Å². The van der Waals surface area contributed by atoms with E-state index in [-0.39, 0.29) is 66.1 Å². The lowest BCUT2D eigenvalue weighted by molar-refractivity contribution is -0.169. The van der Waals surface area contributed by atoms with Crippen LogP contribution in [0.2, 0.25) is 0 Å². The van der Waals surface area contributed by atoms with Crippen molar-refractivity contribution in [3.8, 4) is 0 Å². The molecule has 3 saturated carbocycles. The van der Waals surface area contributed by atoms with E-state index < -0.39 is 5.97 Å². The molecule has 7 nitrogen and oxygen atoms in total. The number of allylic oxidation sites excluding steroid dienone is 1. The first-order valence-electron chi connectivity index (χ1n) is 11.7. The van der Waals surface area contributed by atoms with Crippen molar-refractivity contribution in [3.63, 3.8) is 0 Å². The minimum absolute atomic E-state index is 0.0169. The Kier molecular flexibility index (Phi) is 6.43. The summed E-state index contributed by atoms with van der Waals surface area (Å²) in [5.41, 5.74) is 0.624. The van der Waals surface area contributed by atoms with Crippen molar-refractivity contribution < 1.29 is 33.4 Å². The van der Waals surface area contributed by atoms with E-state index in [9.17, 15) is 19.2 Å². The minimum atomic E-state index is -0.440. The number of Topliss-reactive ketones (excluding diaryl/α,β-unsaturated/α-hetero) is 2. The first-order valence-corrected chi connectivity index (χ1v) is 11.7. The second-order valence-corrected chi connectivity index (χ2v) is 10.5. The molecule has 0 saturated heterocycles. The Balaban J connectivity index is 1.42. The molecule has 0 radical (unpaired) electrons. The highest BCUT2D eigenvalue weighted by molar-refractivity contribution is 5.93. The summed E-state index contributed by atoms with van der Waals surface area (Å²) in [6, 6.07) is 0. The number of hydrogen-bond acceptors (Lipinski definition) is 7. The molecule has 0 bridgehead atoms. The number of ketones is 3. The van der Waals surface area contributed by atoms with E-state index in [4.69, 9.17) is 9.47 Å². The average Bonchev–Trinajstić information content (AvgIpc) is 3.07. The van der Waals surface area contributed by atoms with E-state index in [1.807, 2.05) is 6.08 Å². The summed E-state index contributed by atoms with van der Waals surface area (Å²) >= 11 is 0. The zero-order chi connectivity index (χ0) is 23.1. The summed E-state index contributed by atoms with van der Waals surface area (Å²) in [6.45, 7) is 5.20. The standard InChI is InChI=1S/C25H34O7/c1-15(26)32-14-31-13-30-12-22(29)20-7-6-19-18-5-4-16-10-17(27)8-9-24(16,2)23(18)21(28)11-25(19,20)3/h10,18-20,23H,4-9,11-14H2,1-3H3/t18-,19-,20+,23+,24-,25-/m0/s1. The lowest BCUT2D eigenvalue weighted by Gasteiger charge is -2.56. The maximum atomic E-state index is 13.6. The Morgan fingerprint density at radius 3 is 2.59 bits per heavy atom. The van der Waals surface area contributed by atoms with Crippen molar-refractivity contribution in [3.05, 3.63) is 11.6 Å². The van der Waals surface area contributed by atoms with Gasteiger partial charge in [-0.1, -0.05) is 19.4 Å². The largest absolute Gasteiger partial charge is 0.439 e. The van der Waals surface area contributed by atoms with Crippen molar-refractivity contribution in [1.29, 1.82) is 0 Å². The van der Waals surface area contributed by atoms with E-state index >= 15 is 0 Å². The summed E-state index contributed by atoms with van der Waals surface area (Å²) < 4.78 is 15.1. The van der Waals surface area contributed by atoms with Gasteiger partial charge in [-0.15, -0.1) is 0 Å². The van der Waals surface area contributed by atoms with Crippen LogP contribution in [-0.4, -0.2) is 43.5 Å². The average molecular weight is 447 g/mol. The Morgan fingerprint density at radius 2 is 1.84 bits per heavy atom. The van der Waals surface area contributed by atoms with Crippen molar-refractivity contribution in [2.45, 2.75) is 65.7 Å². The Bertz CT molecular complexity index is 845. The third-order valence-corrected chi connectivity index (χ3v) is 8.79. The molecule has 176 valence electrons. The van der Waals surface area contributed by atoms with Crippen LogP contribution in [0.3, 0.4) is 0 Å². The predicted octanol–water partition coefficient (Wildman–Crippen LogP) is 3.39. The summed E-state index contributed by atoms with van der Waals surface area (Å²) in [5, 5.41) is 0. The zero-order valence-corrected chi connectivity index (χ0v) is 19.3. The molecule has 7 heteroatoms. The molecule has 6 atom stereocenters. The molecule has 0 amide bonds. The number of fused-ring (bicyclic) bond motifs is 5. The first-order chi connectivity index (χ1) is 15.2. The van der Waals surface area contributed by atoms with E-state index in [2.05, 4.69) is 18.6 Å². The maximum absolute atomic E-state index is 13.6. The van der Waals surface area contributed by atoms with Crippen LogP contribution in [0.25, 0.3) is 0 Å². The van der Waals surface area contributed by atoms with Crippen LogP contribution >= 0.6 is 0 Å². The Hall–Kier alpha value is -1.86. The highest BCUT2D eigenvalue weighted by Gasteiger charge is 2.63. The van der Waals surface area contributed by atoms with E-state index in [0.29, 0.717) is 18.8 Å². The van der Waals surface area contributed by atoms with Crippen LogP contribution in [0.15, 0.2) is 11.6 Å². The monoisotopic (exact) mass is 446 g/mol. The lowest BCUT2D eigenvalue weighted by Crippen LogP contribution is -2.55. The van der Waals surface area contributed by atoms with Crippen LogP contribution < -0.4 is 0 Å². The number of carbonyl (C=O) groups is 4. The number of hydrogen-bond donors (Lipinski definition) is 0. The van der Waals surface area contributed by atoms with Crippen LogP contribution in [0.5, 0.6) is 0 Å². The van der Waals surface area contributed by atoms with Crippen molar-refractivity contribution in [1.82, 2.24) is 0 Å². The fraction of sp³-hybridized carbons (Fsp3) is 0.760. The van der Waals surface area contributed by atoms with Gasteiger partial charge in [-0.05, 0) is 60.8 Å².